The number of allylic oxidation sites excluding steroid dienone is 3. The SMILES string of the molecule is C=CC(C)C1=CCc2c(C)ccc(Br)c21. The summed E-state index contributed by atoms with van der Waals surface area (Å²) in [4.78, 5) is 0. The molecule has 0 amide bonds. The van der Waals surface area contributed by atoms with Crippen molar-refractivity contribution in [3.05, 3.63) is 52.0 Å². The van der Waals surface area contributed by atoms with E-state index < -0.39 is 0 Å². The highest BCUT2D eigenvalue weighted by molar-refractivity contribution is 9.10. The molecule has 15 heavy (non-hydrogen) atoms. The fraction of sp³-hybridized carbons (Fsp3) is 0.286. The van der Waals surface area contributed by atoms with Gasteiger partial charge in [0.05, 0.1) is 0 Å². The topological polar surface area (TPSA) is 0 Å². The summed E-state index contributed by atoms with van der Waals surface area (Å²) in [5.41, 5.74) is 5.65. The van der Waals surface area contributed by atoms with E-state index in [-0.39, 0.29) is 0 Å². The Morgan fingerprint density at radius 3 is 2.87 bits per heavy atom. The van der Waals surface area contributed by atoms with E-state index in [9.17, 15) is 0 Å². The van der Waals surface area contributed by atoms with E-state index in [0.717, 1.165) is 6.42 Å². The van der Waals surface area contributed by atoms with Crippen molar-refractivity contribution in [3.63, 3.8) is 0 Å². The van der Waals surface area contributed by atoms with Gasteiger partial charge in [0.15, 0.2) is 0 Å². The number of halogens is 1. The Balaban J connectivity index is 2.56. The van der Waals surface area contributed by atoms with Gasteiger partial charge < -0.3 is 0 Å². The van der Waals surface area contributed by atoms with Crippen molar-refractivity contribution in [2.75, 3.05) is 0 Å². The van der Waals surface area contributed by atoms with Gasteiger partial charge in [0.25, 0.3) is 0 Å². The lowest BCUT2D eigenvalue weighted by molar-refractivity contribution is 0.969. The number of hydrogen-bond donors (Lipinski definition) is 0. The summed E-state index contributed by atoms with van der Waals surface area (Å²) < 4.78 is 1.21. The van der Waals surface area contributed by atoms with Gasteiger partial charge >= 0.3 is 0 Å². The third kappa shape index (κ3) is 1.69. The number of rotatable bonds is 2. The van der Waals surface area contributed by atoms with Crippen LogP contribution < -0.4 is 0 Å². The fourth-order valence-corrected chi connectivity index (χ4v) is 2.75. The second-order valence-electron chi connectivity index (χ2n) is 4.11. The van der Waals surface area contributed by atoms with E-state index in [2.05, 4.69) is 54.6 Å². The van der Waals surface area contributed by atoms with Gasteiger partial charge in [0.2, 0.25) is 0 Å². The molecular formula is C14H15Br. The zero-order chi connectivity index (χ0) is 11.0. The molecule has 78 valence electrons. The van der Waals surface area contributed by atoms with E-state index >= 15 is 0 Å². The highest BCUT2D eigenvalue weighted by atomic mass is 79.9. The Labute approximate surface area is 99.8 Å². The van der Waals surface area contributed by atoms with Gasteiger partial charge in [-0.1, -0.05) is 41.1 Å². The van der Waals surface area contributed by atoms with Gasteiger partial charge in [-0.15, -0.1) is 6.58 Å². The van der Waals surface area contributed by atoms with Crippen LogP contribution >= 0.6 is 15.9 Å². The number of fused-ring (bicyclic) bond motifs is 1. The first-order valence-electron chi connectivity index (χ1n) is 5.26. The van der Waals surface area contributed by atoms with Gasteiger partial charge in [0.1, 0.15) is 0 Å². The van der Waals surface area contributed by atoms with Crippen molar-refractivity contribution in [1.82, 2.24) is 0 Å². The van der Waals surface area contributed by atoms with Crippen LogP contribution in [0.15, 0.2) is 35.3 Å². The Hall–Kier alpha value is -0.820. The molecular weight excluding hydrogens is 248 g/mol. The van der Waals surface area contributed by atoms with Crippen molar-refractivity contribution in [2.24, 2.45) is 5.92 Å². The lowest BCUT2D eigenvalue weighted by atomic mass is 9.94. The molecule has 0 N–H and O–H groups in total. The standard InChI is InChI=1S/C14H15Br/c1-4-9(2)11-6-7-12-10(3)5-8-13(15)14(11)12/h4-6,8-9H,1,7H2,2-3H3. The van der Waals surface area contributed by atoms with Crippen molar-refractivity contribution in [1.29, 1.82) is 0 Å². The lowest BCUT2D eigenvalue weighted by Gasteiger charge is -2.13. The Morgan fingerprint density at radius 1 is 1.47 bits per heavy atom. The second kappa shape index (κ2) is 3.97. The van der Waals surface area contributed by atoms with Crippen molar-refractivity contribution >= 4 is 21.5 Å². The molecule has 0 bridgehead atoms. The van der Waals surface area contributed by atoms with Gasteiger partial charge in [0, 0.05) is 4.47 Å². The average molecular weight is 263 g/mol. The van der Waals surface area contributed by atoms with E-state index in [1.807, 2.05) is 6.08 Å². The van der Waals surface area contributed by atoms with Crippen LogP contribution in [0.3, 0.4) is 0 Å². The second-order valence-corrected chi connectivity index (χ2v) is 4.96. The van der Waals surface area contributed by atoms with E-state index in [4.69, 9.17) is 0 Å². The fourth-order valence-electron chi connectivity index (χ4n) is 2.15. The predicted octanol–water partition coefficient (Wildman–Crippen LogP) is 4.52. The minimum absolute atomic E-state index is 0.435. The molecule has 0 spiro atoms. The third-order valence-corrected chi connectivity index (χ3v) is 3.82. The monoisotopic (exact) mass is 262 g/mol. The highest BCUT2D eigenvalue weighted by Gasteiger charge is 2.21. The molecule has 0 heterocycles. The molecule has 1 aromatic rings. The van der Waals surface area contributed by atoms with Gasteiger partial charge in [-0.3, -0.25) is 0 Å². The lowest BCUT2D eigenvalue weighted by Crippen LogP contribution is -1.96. The number of aryl methyl sites for hydroxylation is 1. The summed E-state index contributed by atoms with van der Waals surface area (Å²) in [5.74, 6) is 0.435. The summed E-state index contributed by atoms with van der Waals surface area (Å²) in [6.45, 7) is 8.25. The van der Waals surface area contributed by atoms with Crippen molar-refractivity contribution < 1.29 is 0 Å². The van der Waals surface area contributed by atoms with Crippen LogP contribution in [0.2, 0.25) is 0 Å². The molecule has 0 radical (unpaired) electrons. The summed E-state index contributed by atoms with van der Waals surface area (Å²) in [5, 5.41) is 0. The van der Waals surface area contributed by atoms with Crippen LogP contribution in [0.5, 0.6) is 0 Å². The Kier molecular flexibility index (Phi) is 2.83. The zero-order valence-electron chi connectivity index (χ0n) is 9.18. The normalized spacial score (nSPS) is 15.8. The van der Waals surface area contributed by atoms with E-state index in [1.54, 1.807) is 0 Å². The quantitative estimate of drug-likeness (QED) is 0.688. The molecule has 1 unspecified atom stereocenters. The van der Waals surface area contributed by atoms with Crippen LogP contribution in [0.25, 0.3) is 5.57 Å². The van der Waals surface area contributed by atoms with Gasteiger partial charge in [-0.05, 0) is 47.6 Å². The van der Waals surface area contributed by atoms with Crippen LogP contribution in [0, 0.1) is 12.8 Å². The summed E-state index contributed by atoms with van der Waals surface area (Å²) >= 11 is 3.64. The first-order chi connectivity index (χ1) is 7.15. The molecule has 0 aromatic heterocycles. The Morgan fingerprint density at radius 2 is 2.20 bits per heavy atom. The minimum Gasteiger partial charge on any atom is -0.102 e. The van der Waals surface area contributed by atoms with Gasteiger partial charge in [-0.2, -0.15) is 0 Å². The minimum atomic E-state index is 0.435. The van der Waals surface area contributed by atoms with Crippen LogP contribution in [-0.2, 0) is 6.42 Å². The predicted molar refractivity (Wildman–Crippen MR) is 69.9 cm³/mol. The molecule has 1 aliphatic rings. The molecule has 1 heteroatoms. The number of benzene rings is 1. The van der Waals surface area contributed by atoms with Crippen LogP contribution in [-0.4, -0.2) is 0 Å². The smallest absolute Gasteiger partial charge is 0.0253 e. The molecule has 2 rings (SSSR count). The maximum atomic E-state index is 3.87. The highest BCUT2D eigenvalue weighted by Crippen LogP contribution is 2.39. The Bertz CT molecular complexity index is 441. The van der Waals surface area contributed by atoms with Crippen molar-refractivity contribution in [3.8, 4) is 0 Å². The van der Waals surface area contributed by atoms with Crippen LogP contribution in [0.4, 0.5) is 0 Å². The summed E-state index contributed by atoms with van der Waals surface area (Å²) in [6, 6.07) is 4.32. The van der Waals surface area contributed by atoms with E-state index in [1.165, 1.54) is 26.7 Å². The average Bonchev–Trinajstić information content (AvgIpc) is 2.68. The molecule has 0 aliphatic heterocycles. The van der Waals surface area contributed by atoms with Crippen LogP contribution in [0.1, 0.15) is 23.6 Å². The maximum absolute atomic E-state index is 3.87. The number of hydrogen-bond acceptors (Lipinski definition) is 0. The molecule has 1 aliphatic carbocycles. The first-order valence-corrected chi connectivity index (χ1v) is 6.05. The largest absolute Gasteiger partial charge is 0.102 e. The van der Waals surface area contributed by atoms with E-state index in [0.29, 0.717) is 5.92 Å². The third-order valence-electron chi connectivity index (χ3n) is 3.16. The molecule has 0 nitrogen and oxygen atoms in total. The zero-order valence-corrected chi connectivity index (χ0v) is 10.8. The van der Waals surface area contributed by atoms with Gasteiger partial charge in [-0.25, -0.2) is 0 Å². The maximum Gasteiger partial charge on any atom is 0.0253 e. The molecule has 1 atom stereocenters. The molecule has 0 saturated carbocycles. The molecule has 0 saturated heterocycles. The van der Waals surface area contributed by atoms with Crippen molar-refractivity contribution in [2.45, 2.75) is 20.3 Å². The molecule has 0 fully saturated rings. The summed E-state index contributed by atoms with van der Waals surface area (Å²) in [6.07, 6.45) is 5.40. The molecule has 1 aromatic carbocycles. The first kappa shape index (κ1) is 10.7. The summed E-state index contributed by atoms with van der Waals surface area (Å²) in [7, 11) is 0.